The first-order valence-corrected chi connectivity index (χ1v) is 38.8. The number of benzene rings is 4. The average Bonchev–Trinajstić information content (AvgIpc) is 4.12. The number of carbonyl (C=O) groups excluding carboxylic acids is 1. The smallest absolute Gasteiger partial charge is 0.410 e. The van der Waals surface area contributed by atoms with E-state index < -0.39 is 37.2 Å². The van der Waals surface area contributed by atoms with E-state index in [4.69, 9.17) is 51.1 Å². The van der Waals surface area contributed by atoms with Crippen LogP contribution < -0.4 is 11.4 Å². The zero-order valence-electron chi connectivity index (χ0n) is 45.4. The standard InChI is InChI=1S/C28H32ClFN4O5S.C24H25ClFN3O3S.CH2Cl2.H5P3.H4P2/c1-28(2,3)39-27(36)31-15-22(16-31)34-24-9-7-20(30)14-25(24)33(26(34)35)17-21-13-18-12-19(29)6-8-23(18)32(21)10-5-11-40(4,37)38;1-33(31,32)11-3-10-27-20(13-16-12-17(25)6-8-21(16)27)15-28-23-14-18(26)7-9-22(23)29(24(28)30)19-4-2-5-19;2-1-3;1-3-2;1-2/h6-9,12-14,22H,5,10-11,15-17H2,1-4H3;6-9,12-14,19H,2-5,10-11,15H2,1H3;1H2;3H,1-2H2;1-2H2. The van der Waals surface area contributed by atoms with Gasteiger partial charge in [-0.25, -0.2) is 40.0 Å². The number of halogens is 6. The molecule has 1 aliphatic heterocycles. The van der Waals surface area contributed by atoms with Crippen LogP contribution in [0.4, 0.5) is 13.6 Å². The Bertz CT molecular complexity index is 3870. The number of alkyl halides is 2. The average molecular weight is 1330 g/mol. The van der Waals surface area contributed by atoms with E-state index >= 15 is 0 Å². The van der Waals surface area contributed by atoms with Crippen molar-refractivity contribution in [1.82, 2.24) is 32.3 Å². The SMILES string of the molecule is CC(C)(C)OC(=O)N1CC(n2c(=O)n(Cc3cc4cc(Cl)ccc4n3CCCS(C)(=O)=O)c3cc(F)ccc32)C1.CS(=O)(=O)CCCn1c(Cn2c(=O)n(C3CCC3)c3ccc(F)cc32)cc2cc(Cl)ccc21.ClCCl.PP.PPP. The molecular weight excluding hydrogens is 1260 g/mol. The molecule has 28 heteroatoms. The third-order valence-electron chi connectivity index (χ3n) is 13.5. The van der Waals surface area contributed by atoms with Crippen LogP contribution in [-0.2, 0) is 50.6 Å². The minimum absolute atomic E-state index is 0.0278. The lowest BCUT2D eigenvalue weighted by Crippen LogP contribution is -2.54. The van der Waals surface area contributed by atoms with Gasteiger partial charge in [0, 0.05) is 88.0 Å². The number of aryl methyl sites for hydroxylation is 2. The molecule has 1 aliphatic carbocycles. The molecule has 4 atom stereocenters. The fourth-order valence-corrected chi connectivity index (χ4v) is 11.6. The van der Waals surface area contributed by atoms with Gasteiger partial charge in [-0.05, 0) is 138 Å². The van der Waals surface area contributed by atoms with E-state index in [9.17, 15) is 40.0 Å². The van der Waals surface area contributed by atoms with Crippen molar-refractivity contribution in [3.63, 3.8) is 0 Å². The highest BCUT2D eigenvalue weighted by atomic mass is 35.5. The predicted octanol–water partition coefficient (Wildman–Crippen LogP) is 12.9. The van der Waals surface area contributed by atoms with Crippen molar-refractivity contribution in [1.29, 1.82) is 0 Å². The van der Waals surface area contributed by atoms with Crippen molar-refractivity contribution in [3.8, 4) is 0 Å². The summed E-state index contributed by atoms with van der Waals surface area (Å²) in [6.45, 7) is 7.28. The molecule has 5 heterocycles. The molecule has 1 amide bonds. The molecule has 10 rings (SSSR count). The predicted molar refractivity (Wildman–Crippen MR) is 347 cm³/mol. The molecule has 1 saturated heterocycles. The van der Waals surface area contributed by atoms with Crippen molar-refractivity contribution in [3.05, 3.63) is 139 Å². The molecule has 0 radical (unpaired) electrons. The lowest BCUT2D eigenvalue weighted by molar-refractivity contribution is 0.00108. The number of rotatable bonds is 14. The zero-order chi connectivity index (χ0) is 59.7. The third kappa shape index (κ3) is 17.3. The monoisotopic (exact) mass is 1330 g/mol. The number of ether oxygens (including phenoxy) is 1. The number of hydrogen-bond acceptors (Lipinski definition) is 8. The number of likely N-dealkylation sites (tertiary alicyclic amines) is 1. The van der Waals surface area contributed by atoms with E-state index in [2.05, 4.69) is 35.7 Å². The number of nitrogens with zero attached hydrogens (tertiary/aromatic N) is 7. The van der Waals surface area contributed by atoms with Gasteiger partial charge in [0.2, 0.25) is 0 Å². The molecule has 4 unspecified atom stereocenters. The largest absolute Gasteiger partial charge is 0.444 e. The quantitative estimate of drug-likeness (QED) is 0.0768. The summed E-state index contributed by atoms with van der Waals surface area (Å²) in [5.74, 6) is -0.753. The number of hydrogen-bond donors (Lipinski definition) is 0. The van der Waals surface area contributed by atoms with Crippen LogP contribution in [0, 0.1) is 11.6 Å². The highest BCUT2D eigenvalue weighted by Gasteiger charge is 2.37. The van der Waals surface area contributed by atoms with Gasteiger partial charge in [0.05, 0.1) is 58.0 Å². The Morgan fingerprint density at radius 1 is 0.630 bits per heavy atom. The van der Waals surface area contributed by atoms with Crippen LogP contribution in [0.1, 0.15) is 76.3 Å². The van der Waals surface area contributed by atoms with Gasteiger partial charge in [0.25, 0.3) is 0 Å². The Hall–Kier alpha value is -3.16. The van der Waals surface area contributed by atoms with Gasteiger partial charge in [-0.2, -0.15) is 0 Å². The van der Waals surface area contributed by atoms with Gasteiger partial charge in [-0.15, -0.1) is 58.9 Å². The molecule has 4 aromatic heterocycles. The third-order valence-corrected chi connectivity index (χ3v) is 16.0. The summed E-state index contributed by atoms with van der Waals surface area (Å²) in [5, 5.41) is 3.13. The van der Waals surface area contributed by atoms with Crippen LogP contribution in [0.3, 0.4) is 0 Å². The first kappa shape index (κ1) is 67.0. The molecule has 0 spiro atoms. The molecule has 0 bridgehead atoms. The second-order valence-electron chi connectivity index (χ2n) is 20.6. The van der Waals surface area contributed by atoms with Crippen molar-refractivity contribution in [2.24, 2.45) is 0 Å². The number of imidazole rings is 2. The summed E-state index contributed by atoms with van der Waals surface area (Å²) in [4.78, 5) is 41.3. The van der Waals surface area contributed by atoms with E-state index in [0.717, 1.165) is 65.9 Å². The number of aromatic nitrogens is 6. The Balaban J connectivity index is 0.000000234. The molecule has 442 valence electrons. The van der Waals surface area contributed by atoms with Gasteiger partial charge < -0.3 is 18.8 Å². The van der Waals surface area contributed by atoms with Crippen LogP contribution in [0.2, 0.25) is 10.0 Å². The second-order valence-corrected chi connectivity index (χ2v) is 31.1. The molecule has 1 saturated carbocycles. The van der Waals surface area contributed by atoms with E-state index in [0.29, 0.717) is 65.6 Å². The Labute approximate surface area is 501 Å². The van der Waals surface area contributed by atoms with Crippen molar-refractivity contribution >= 4 is 160 Å². The maximum Gasteiger partial charge on any atom is 0.410 e. The topological polar surface area (TPSA) is 162 Å². The van der Waals surface area contributed by atoms with Gasteiger partial charge in [-0.3, -0.25) is 18.3 Å². The second kappa shape index (κ2) is 29.3. The van der Waals surface area contributed by atoms with Gasteiger partial charge in [0.15, 0.2) is 0 Å². The summed E-state index contributed by atoms with van der Waals surface area (Å²) in [7, 11) is 4.49. The Kier molecular flexibility index (Phi) is 24.2. The van der Waals surface area contributed by atoms with Gasteiger partial charge >= 0.3 is 17.5 Å². The van der Waals surface area contributed by atoms with Crippen molar-refractivity contribution in [2.75, 3.05) is 42.4 Å². The maximum atomic E-state index is 14.4. The fourth-order valence-electron chi connectivity index (χ4n) is 9.94. The number of fused-ring (bicyclic) bond motifs is 4. The highest BCUT2D eigenvalue weighted by Crippen LogP contribution is 2.35. The minimum atomic E-state index is -3.14. The van der Waals surface area contributed by atoms with Crippen LogP contribution >= 0.6 is 90.1 Å². The Morgan fingerprint density at radius 2 is 1.01 bits per heavy atom. The first-order chi connectivity index (χ1) is 38.2. The van der Waals surface area contributed by atoms with Crippen molar-refractivity contribution < 1.29 is 35.1 Å². The van der Waals surface area contributed by atoms with Crippen LogP contribution in [0.25, 0.3) is 43.9 Å². The van der Waals surface area contributed by atoms with E-state index in [-0.39, 0.29) is 59.2 Å². The Morgan fingerprint density at radius 3 is 1.37 bits per heavy atom. The minimum Gasteiger partial charge on any atom is -0.444 e. The number of amides is 1. The number of sulfone groups is 2. The van der Waals surface area contributed by atoms with E-state index in [1.165, 1.54) is 41.3 Å². The summed E-state index contributed by atoms with van der Waals surface area (Å²) in [6, 6.07) is 23.5. The van der Waals surface area contributed by atoms with Gasteiger partial charge in [0.1, 0.15) is 36.9 Å². The lowest BCUT2D eigenvalue weighted by atomic mass is 9.93. The summed E-state index contributed by atoms with van der Waals surface area (Å²) < 4.78 is 91.4. The number of carbonyl (C=O) groups is 1. The van der Waals surface area contributed by atoms with E-state index in [1.807, 2.05) is 45.5 Å². The molecule has 4 aromatic carbocycles. The fraction of sp³-hybridized carbons (Fsp3) is 0.415. The summed E-state index contributed by atoms with van der Waals surface area (Å²) >= 11 is 22.0. The summed E-state index contributed by atoms with van der Waals surface area (Å²) in [5.41, 5.74) is 4.62. The van der Waals surface area contributed by atoms with Gasteiger partial charge in [-0.1, -0.05) is 31.2 Å². The van der Waals surface area contributed by atoms with Crippen LogP contribution in [0.5, 0.6) is 0 Å². The molecule has 2 fully saturated rings. The van der Waals surface area contributed by atoms with Crippen LogP contribution in [-0.4, -0.2) is 103 Å². The van der Waals surface area contributed by atoms with Crippen molar-refractivity contribution in [2.45, 2.75) is 96.7 Å². The normalized spacial score (nSPS) is 13.8. The highest BCUT2D eigenvalue weighted by molar-refractivity contribution is 8.33. The molecule has 8 aromatic rings. The molecule has 81 heavy (non-hydrogen) atoms. The maximum absolute atomic E-state index is 14.4. The zero-order valence-corrected chi connectivity index (χ0v) is 55.7. The van der Waals surface area contributed by atoms with Crippen LogP contribution in [0.15, 0.2) is 94.5 Å². The molecular formula is C53H68Cl4F2N7O8P5S2. The lowest BCUT2D eigenvalue weighted by Gasteiger charge is -2.40. The molecule has 0 N–H and O–H groups in total. The first-order valence-electron chi connectivity index (χ1n) is 25.5. The summed E-state index contributed by atoms with van der Waals surface area (Å²) in [6.07, 6.45) is 5.81. The molecule has 15 nitrogen and oxygen atoms in total. The molecule has 2 aliphatic rings. The van der Waals surface area contributed by atoms with E-state index in [1.54, 1.807) is 63.6 Å².